The molecule has 1 atom stereocenters. The van der Waals surface area contributed by atoms with Gasteiger partial charge in [-0.05, 0) is 62.9 Å². The van der Waals surface area contributed by atoms with E-state index in [1.807, 2.05) is 13.8 Å². The molecule has 34 heavy (non-hydrogen) atoms. The van der Waals surface area contributed by atoms with Crippen LogP contribution >= 0.6 is 0 Å². The summed E-state index contributed by atoms with van der Waals surface area (Å²) in [6, 6.07) is 6.59. The number of fused-ring (bicyclic) bond motifs is 1. The maximum Gasteiger partial charge on any atom is 0.254 e. The number of rotatable bonds is 7. The summed E-state index contributed by atoms with van der Waals surface area (Å²) >= 11 is 0. The van der Waals surface area contributed by atoms with Crippen molar-refractivity contribution in [1.82, 2.24) is 19.5 Å². The molecule has 3 amide bonds. The molecule has 1 aliphatic heterocycles. The van der Waals surface area contributed by atoms with Crippen LogP contribution in [0.5, 0.6) is 5.75 Å². The van der Waals surface area contributed by atoms with Crippen molar-refractivity contribution in [3.05, 3.63) is 53.0 Å². The molecule has 3 N–H and O–H groups in total. The van der Waals surface area contributed by atoms with E-state index in [0.717, 1.165) is 23.4 Å². The van der Waals surface area contributed by atoms with Gasteiger partial charge in [0.2, 0.25) is 11.8 Å². The molecule has 3 heterocycles. The van der Waals surface area contributed by atoms with E-state index >= 15 is 0 Å². The number of methoxy groups -OCH3 is 1. The second-order valence-corrected chi connectivity index (χ2v) is 8.38. The molecular weight excluding hydrogens is 436 g/mol. The Bertz CT molecular complexity index is 1250. The molecule has 0 spiro atoms. The zero-order valence-corrected chi connectivity index (χ0v) is 19.5. The molecule has 10 heteroatoms. The van der Waals surface area contributed by atoms with E-state index in [9.17, 15) is 14.4 Å². The van der Waals surface area contributed by atoms with Crippen molar-refractivity contribution in [2.45, 2.75) is 45.6 Å². The first-order valence-corrected chi connectivity index (χ1v) is 11.2. The van der Waals surface area contributed by atoms with E-state index in [-0.39, 0.29) is 23.8 Å². The van der Waals surface area contributed by atoms with Crippen LogP contribution in [0.4, 0.5) is 5.69 Å². The lowest BCUT2D eigenvalue weighted by atomic mass is 10.1. The number of primary amides is 1. The van der Waals surface area contributed by atoms with Gasteiger partial charge in [0.15, 0.2) is 5.65 Å². The molecule has 1 aliphatic rings. The molecule has 0 saturated carbocycles. The molecule has 0 aliphatic carbocycles. The molecule has 2 aromatic heterocycles. The maximum atomic E-state index is 13.1. The number of likely N-dealkylation sites (tertiary alicyclic amines) is 1. The lowest BCUT2D eigenvalue weighted by molar-refractivity contribution is -0.136. The fourth-order valence-electron chi connectivity index (χ4n) is 4.46. The molecule has 1 fully saturated rings. The third-order valence-electron chi connectivity index (χ3n) is 6.30. The number of nitrogens with two attached hydrogens (primary N) is 1. The number of benzene rings is 1. The van der Waals surface area contributed by atoms with Crippen LogP contribution in [0.1, 0.15) is 46.6 Å². The number of ether oxygens (including phenoxy) is 1. The fraction of sp³-hybridized carbons (Fsp3) is 0.375. The number of aromatic nitrogens is 3. The van der Waals surface area contributed by atoms with Gasteiger partial charge in [0.1, 0.15) is 17.4 Å². The Balaban J connectivity index is 1.44. The van der Waals surface area contributed by atoms with Crippen LogP contribution in [0.25, 0.3) is 5.65 Å². The Morgan fingerprint density at radius 1 is 1.21 bits per heavy atom. The second-order valence-electron chi connectivity index (χ2n) is 8.38. The standard InChI is InChI=1S/C24H28N6O4/c1-14-18(15(2)30-23(27-14)19(13-26-30)22(25)32)10-11-21(31)29-12-4-5-20(29)24(33)28-16-6-8-17(34-3)9-7-16/h6-9,13,20H,4-5,10-12H2,1-3H3,(H2,25,32)(H,28,33). The van der Waals surface area contributed by atoms with E-state index in [0.29, 0.717) is 36.5 Å². The smallest absolute Gasteiger partial charge is 0.254 e. The van der Waals surface area contributed by atoms with Crippen molar-refractivity contribution in [2.75, 3.05) is 19.0 Å². The van der Waals surface area contributed by atoms with Gasteiger partial charge in [-0.3, -0.25) is 14.4 Å². The summed E-state index contributed by atoms with van der Waals surface area (Å²) in [4.78, 5) is 43.7. The highest BCUT2D eigenvalue weighted by Crippen LogP contribution is 2.23. The zero-order valence-electron chi connectivity index (χ0n) is 19.5. The molecule has 1 aromatic carbocycles. The lowest BCUT2D eigenvalue weighted by Crippen LogP contribution is -2.43. The Labute approximate surface area is 197 Å². The van der Waals surface area contributed by atoms with Gasteiger partial charge in [0, 0.05) is 30.0 Å². The van der Waals surface area contributed by atoms with Gasteiger partial charge in [-0.1, -0.05) is 0 Å². The van der Waals surface area contributed by atoms with E-state index in [2.05, 4.69) is 15.4 Å². The zero-order chi connectivity index (χ0) is 24.4. The van der Waals surface area contributed by atoms with Crippen LogP contribution in [0, 0.1) is 13.8 Å². The summed E-state index contributed by atoms with van der Waals surface area (Å²) in [6.07, 6.45) is 3.51. The first kappa shape index (κ1) is 23.2. The number of aryl methyl sites for hydroxylation is 2. The van der Waals surface area contributed by atoms with E-state index in [1.165, 1.54) is 6.20 Å². The van der Waals surface area contributed by atoms with Crippen molar-refractivity contribution in [3.63, 3.8) is 0 Å². The highest BCUT2D eigenvalue weighted by molar-refractivity contribution is 5.98. The number of nitrogens with one attached hydrogen (secondary N) is 1. The van der Waals surface area contributed by atoms with E-state index < -0.39 is 11.9 Å². The number of carbonyl (C=O) groups excluding carboxylic acids is 3. The number of anilines is 1. The predicted molar refractivity (Wildman–Crippen MR) is 126 cm³/mol. The maximum absolute atomic E-state index is 13.1. The van der Waals surface area contributed by atoms with Gasteiger partial charge in [0.05, 0.1) is 13.3 Å². The Morgan fingerprint density at radius 3 is 2.62 bits per heavy atom. The van der Waals surface area contributed by atoms with Crippen molar-refractivity contribution < 1.29 is 19.1 Å². The Kier molecular flexibility index (Phi) is 6.49. The van der Waals surface area contributed by atoms with Crippen LogP contribution in [-0.2, 0) is 16.0 Å². The van der Waals surface area contributed by atoms with Gasteiger partial charge in [-0.25, -0.2) is 9.50 Å². The normalized spacial score (nSPS) is 15.5. The van der Waals surface area contributed by atoms with Gasteiger partial charge < -0.3 is 20.7 Å². The average molecular weight is 465 g/mol. The minimum Gasteiger partial charge on any atom is -0.497 e. The number of carbonyl (C=O) groups is 3. The van der Waals surface area contributed by atoms with E-state index in [1.54, 1.807) is 40.8 Å². The molecule has 4 rings (SSSR count). The van der Waals surface area contributed by atoms with Crippen molar-refractivity contribution >= 4 is 29.1 Å². The Hall–Kier alpha value is -3.95. The number of hydrogen-bond donors (Lipinski definition) is 2. The van der Waals surface area contributed by atoms with Crippen LogP contribution in [0.3, 0.4) is 0 Å². The van der Waals surface area contributed by atoms with Crippen molar-refractivity contribution in [2.24, 2.45) is 5.73 Å². The minimum atomic E-state index is -0.586. The summed E-state index contributed by atoms with van der Waals surface area (Å²) in [5.74, 6) is -0.154. The molecule has 3 aromatic rings. The van der Waals surface area contributed by atoms with Gasteiger partial charge >= 0.3 is 0 Å². The summed E-state index contributed by atoms with van der Waals surface area (Å²) < 4.78 is 6.72. The number of amides is 3. The molecule has 10 nitrogen and oxygen atoms in total. The van der Waals surface area contributed by atoms with Crippen LogP contribution < -0.4 is 15.8 Å². The first-order chi connectivity index (χ1) is 16.3. The topological polar surface area (TPSA) is 132 Å². The number of nitrogens with zero attached hydrogens (tertiary/aromatic N) is 4. The van der Waals surface area contributed by atoms with Crippen molar-refractivity contribution in [3.8, 4) is 5.75 Å². The average Bonchev–Trinajstić information content (AvgIpc) is 3.47. The SMILES string of the molecule is COc1ccc(NC(=O)C2CCCN2C(=O)CCc2c(C)nc3c(C(N)=O)cnn3c2C)cc1. The van der Waals surface area contributed by atoms with Gasteiger partial charge in [-0.15, -0.1) is 0 Å². The summed E-state index contributed by atoms with van der Waals surface area (Å²) in [7, 11) is 1.58. The van der Waals surface area contributed by atoms with Crippen LogP contribution in [-0.4, -0.2) is 56.9 Å². The summed E-state index contributed by atoms with van der Waals surface area (Å²) in [6.45, 7) is 4.27. The largest absolute Gasteiger partial charge is 0.497 e. The molecule has 1 saturated heterocycles. The monoisotopic (exact) mass is 464 g/mol. The minimum absolute atomic E-state index is 0.0791. The van der Waals surface area contributed by atoms with Gasteiger partial charge in [0.25, 0.3) is 5.91 Å². The molecule has 0 bridgehead atoms. The highest BCUT2D eigenvalue weighted by atomic mass is 16.5. The van der Waals surface area contributed by atoms with E-state index in [4.69, 9.17) is 10.5 Å². The van der Waals surface area contributed by atoms with Crippen LogP contribution in [0.2, 0.25) is 0 Å². The lowest BCUT2D eigenvalue weighted by Gasteiger charge is -2.24. The summed E-state index contributed by atoms with van der Waals surface area (Å²) in [5, 5.41) is 7.12. The van der Waals surface area contributed by atoms with Gasteiger partial charge in [-0.2, -0.15) is 5.10 Å². The predicted octanol–water partition coefficient (Wildman–Crippen LogP) is 2.02. The second kappa shape index (κ2) is 9.50. The van der Waals surface area contributed by atoms with Crippen LogP contribution in [0.15, 0.2) is 30.5 Å². The number of hydrogen-bond acceptors (Lipinski definition) is 6. The first-order valence-electron chi connectivity index (χ1n) is 11.2. The third kappa shape index (κ3) is 4.43. The highest BCUT2D eigenvalue weighted by Gasteiger charge is 2.34. The third-order valence-corrected chi connectivity index (χ3v) is 6.30. The summed E-state index contributed by atoms with van der Waals surface area (Å²) in [5.41, 5.74) is 9.15. The quantitative estimate of drug-likeness (QED) is 0.550. The molecule has 1 unspecified atom stereocenters. The van der Waals surface area contributed by atoms with Crippen molar-refractivity contribution in [1.29, 1.82) is 0 Å². The fourth-order valence-corrected chi connectivity index (χ4v) is 4.46. The Morgan fingerprint density at radius 2 is 1.94 bits per heavy atom. The molecule has 0 radical (unpaired) electrons. The molecular formula is C24H28N6O4. The molecule has 178 valence electrons.